The van der Waals surface area contributed by atoms with Gasteiger partial charge in [-0.3, -0.25) is 4.90 Å². The maximum Gasteiger partial charge on any atom is 0.227 e. The molecule has 8 nitrogen and oxygen atoms in total. The molecule has 3 fully saturated rings. The third kappa shape index (κ3) is 4.13. The molecule has 2 aliphatic heterocycles. The molecular formula is C23H25Cl2FN6O2. The number of rotatable bonds is 5. The number of hydrogen-bond acceptors (Lipinski definition) is 7. The largest absolute Gasteiger partial charge is 0.389 e. The van der Waals surface area contributed by atoms with Crippen molar-refractivity contribution in [2.24, 2.45) is 0 Å². The van der Waals surface area contributed by atoms with E-state index in [1.54, 1.807) is 18.5 Å². The Kier molecular flexibility index (Phi) is 5.85. The van der Waals surface area contributed by atoms with Gasteiger partial charge in [-0.1, -0.05) is 23.2 Å². The molecule has 1 aliphatic carbocycles. The average molecular weight is 507 g/mol. The van der Waals surface area contributed by atoms with Crippen molar-refractivity contribution in [1.82, 2.24) is 24.6 Å². The maximum absolute atomic E-state index is 15.3. The molecule has 0 bridgehead atoms. The number of alkyl halides is 1. The van der Waals surface area contributed by atoms with E-state index in [-0.39, 0.29) is 18.5 Å². The molecule has 3 aliphatic rings. The summed E-state index contributed by atoms with van der Waals surface area (Å²) in [6, 6.07) is 3.88. The maximum atomic E-state index is 15.3. The van der Waals surface area contributed by atoms with E-state index in [0.29, 0.717) is 59.5 Å². The molecule has 6 rings (SSSR count). The zero-order valence-electron chi connectivity index (χ0n) is 18.4. The van der Waals surface area contributed by atoms with Crippen LogP contribution in [-0.4, -0.2) is 74.4 Å². The highest BCUT2D eigenvalue weighted by molar-refractivity contribution is 6.32. The highest BCUT2D eigenvalue weighted by atomic mass is 35.5. The number of ether oxygens (including phenoxy) is 1. The molecule has 34 heavy (non-hydrogen) atoms. The fourth-order valence-corrected chi connectivity index (χ4v) is 5.59. The van der Waals surface area contributed by atoms with Gasteiger partial charge in [-0.15, -0.1) is 0 Å². The lowest BCUT2D eigenvalue weighted by molar-refractivity contribution is 0.0353. The van der Waals surface area contributed by atoms with E-state index in [1.165, 1.54) is 0 Å². The third-order valence-electron chi connectivity index (χ3n) is 7.03. The van der Waals surface area contributed by atoms with Crippen LogP contribution >= 0.6 is 23.2 Å². The normalized spacial score (nSPS) is 28.0. The Hall–Kier alpha value is -2.04. The number of likely N-dealkylation sites (tertiary alicyclic amines) is 1. The average Bonchev–Trinajstić information content (AvgIpc) is 3.47. The summed E-state index contributed by atoms with van der Waals surface area (Å²) < 4.78 is 22.5. The Balaban J connectivity index is 1.23. The number of nitrogens with zero attached hydrogens (tertiary/aromatic N) is 5. The van der Waals surface area contributed by atoms with Crippen LogP contribution in [0.5, 0.6) is 0 Å². The minimum absolute atomic E-state index is 0.149. The number of aliphatic hydroxyl groups is 1. The zero-order chi connectivity index (χ0) is 23.4. The first kappa shape index (κ1) is 22.4. The lowest BCUT2D eigenvalue weighted by Crippen LogP contribution is -2.50. The number of anilines is 2. The van der Waals surface area contributed by atoms with Gasteiger partial charge < -0.3 is 15.2 Å². The standard InChI is InChI=1S/C23H25Cl2FN6O2/c24-16-5-12-7-27-23(30-19-8-28-32(22(19)25)13-1-2-13)29-18(12)6-15(16)14-3-4-31(9-17(14)26)20-10-34-11-21(20)33/h5-8,13-14,17,20-21,33H,1-4,9-11H2,(H,27,29,30)/t14?,17?,20-,21+/m0/s1. The van der Waals surface area contributed by atoms with E-state index >= 15 is 4.39 Å². The fraction of sp³-hybridized carbons (Fsp3) is 0.522. The van der Waals surface area contributed by atoms with Crippen LogP contribution in [0.15, 0.2) is 24.5 Å². The number of nitrogens with one attached hydrogen (secondary N) is 1. The van der Waals surface area contributed by atoms with Crippen molar-refractivity contribution in [3.05, 3.63) is 40.3 Å². The third-order valence-corrected chi connectivity index (χ3v) is 7.74. The van der Waals surface area contributed by atoms with E-state index in [0.717, 1.165) is 23.8 Å². The van der Waals surface area contributed by atoms with Crippen LogP contribution in [0, 0.1) is 0 Å². The van der Waals surface area contributed by atoms with E-state index in [9.17, 15) is 5.11 Å². The second kappa shape index (κ2) is 8.87. The molecule has 2 aromatic heterocycles. The van der Waals surface area contributed by atoms with Crippen LogP contribution in [0.2, 0.25) is 10.2 Å². The zero-order valence-corrected chi connectivity index (χ0v) is 19.9. The van der Waals surface area contributed by atoms with E-state index < -0.39 is 12.3 Å². The number of aliphatic hydroxyl groups excluding tert-OH is 1. The van der Waals surface area contributed by atoms with Crippen LogP contribution in [0.25, 0.3) is 10.9 Å². The van der Waals surface area contributed by atoms with Gasteiger partial charge in [-0.25, -0.2) is 19.0 Å². The van der Waals surface area contributed by atoms with Crippen LogP contribution < -0.4 is 5.32 Å². The molecule has 1 saturated carbocycles. The van der Waals surface area contributed by atoms with Gasteiger partial charge in [0.05, 0.1) is 48.8 Å². The molecule has 0 radical (unpaired) electrons. The molecule has 2 saturated heterocycles. The molecule has 1 aromatic carbocycles. The second-order valence-electron chi connectivity index (χ2n) is 9.35. The van der Waals surface area contributed by atoms with Crippen LogP contribution in [0.1, 0.15) is 36.8 Å². The van der Waals surface area contributed by atoms with Crippen LogP contribution in [0.3, 0.4) is 0 Å². The van der Waals surface area contributed by atoms with Gasteiger partial charge in [0.25, 0.3) is 0 Å². The number of benzene rings is 1. The summed E-state index contributed by atoms with van der Waals surface area (Å²) in [6.07, 6.45) is 4.46. The summed E-state index contributed by atoms with van der Waals surface area (Å²) in [5.41, 5.74) is 2.07. The number of fused-ring (bicyclic) bond motifs is 1. The van der Waals surface area contributed by atoms with Crippen LogP contribution in [-0.2, 0) is 4.74 Å². The van der Waals surface area contributed by atoms with E-state index in [2.05, 4.69) is 20.4 Å². The van der Waals surface area contributed by atoms with Crippen molar-refractivity contribution in [3.63, 3.8) is 0 Å². The van der Waals surface area contributed by atoms with Gasteiger partial charge in [0.15, 0.2) is 5.15 Å². The number of piperidine rings is 1. The number of aromatic nitrogens is 4. The summed E-state index contributed by atoms with van der Waals surface area (Å²) in [6.45, 7) is 1.65. The van der Waals surface area contributed by atoms with Gasteiger partial charge in [0.1, 0.15) is 6.17 Å². The minimum atomic E-state index is -1.11. The van der Waals surface area contributed by atoms with Gasteiger partial charge in [-0.05, 0) is 43.5 Å². The molecule has 180 valence electrons. The summed E-state index contributed by atoms with van der Waals surface area (Å²) in [5, 5.41) is 19.4. The summed E-state index contributed by atoms with van der Waals surface area (Å²) >= 11 is 13.0. The van der Waals surface area contributed by atoms with Gasteiger partial charge in [-0.2, -0.15) is 5.10 Å². The molecule has 11 heteroatoms. The van der Waals surface area contributed by atoms with Crippen molar-refractivity contribution >= 4 is 45.7 Å². The molecule has 0 amide bonds. The molecule has 3 aromatic rings. The monoisotopic (exact) mass is 506 g/mol. The molecular weight excluding hydrogens is 482 g/mol. The van der Waals surface area contributed by atoms with Crippen molar-refractivity contribution in [1.29, 1.82) is 0 Å². The highest BCUT2D eigenvalue weighted by Crippen LogP contribution is 2.40. The van der Waals surface area contributed by atoms with Crippen molar-refractivity contribution in [2.45, 2.75) is 49.5 Å². The Morgan fingerprint density at radius 3 is 2.74 bits per heavy atom. The molecule has 0 spiro atoms. The Morgan fingerprint density at radius 1 is 1.15 bits per heavy atom. The van der Waals surface area contributed by atoms with Crippen molar-refractivity contribution < 1.29 is 14.2 Å². The van der Waals surface area contributed by atoms with Crippen molar-refractivity contribution in [3.8, 4) is 0 Å². The summed E-state index contributed by atoms with van der Waals surface area (Å²) in [7, 11) is 0. The summed E-state index contributed by atoms with van der Waals surface area (Å²) in [4.78, 5) is 11.0. The van der Waals surface area contributed by atoms with Crippen LogP contribution in [0.4, 0.5) is 16.0 Å². The smallest absolute Gasteiger partial charge is 0.227 e. The first-order valence-corrected chi connectivity index (χ1v) is 12.3. The Morgan fingerprint density at radius 2 is 2.00 bits per heavy atom. The number of halogens is 3. The Bertz CT molecular complexity index is 1220. The predicted molar refractivity (Wildman–Crippen MR) is 128 cm³/mol. The lowest BCUT2D eigenvalue weighted by Gasteiger charge is -2.39. The Labute approximate surface area is 206 Å². The van der Waals surface area contributed by atoms with Gasteiger partial charge in [0, 0.05) is 29.1 Å². The first-order valence-electron chi connectivity index (χ1n) is 11.6. The first-order chi connectivity index (χ1) is 16.5. The lowest BCUT2D eigenvalue weighted by atomic mass is 9.86. The molecule has 4 heterocycles. The quantitative estimate of drug-likeness (QED) is 0.538. The van der Waals surface area contributed by atoms with E-state index in [1.807, 2.05) is 15.6 Å². The second-order valence-corrected chi connectivity index (χ2v) is 10.1. The van der Waals surface area contributed by atoms with Crippen molar-refractivity contribution in [2.75, 3.05) is 31.6 Å². The topological polar surface area (TPSA) is 88.3 Å². The summed E-state index contributed by atoms with van der Waals surface area (Å²) in [5.74, 6) is 0.0464. The number of hydrogen-bond donors (Lipinski definition) is 2. The SMILES string of the molecule is O[C@@H]1COC[C@@H]1N1CCC(c2cc3nc(Nc4cnn(C5CC5)c4Cl)ncc3cc2Cl)C(F)C1. The molecule has 2 unspecified atom stereocenters. The predicted octanol–water partition coefficient (Wildman–Crippen LogP) is 4.10. The minimum Gasteiger partial charge on any atom is -0.389 e. The highest BCUT2D eigenvalue weighted by Gasteiger charge is 2.39. The fourth-order valence-electron chi connectivity index (χ4n) is 5.00. The molecule has 2 N–H and O–H groups in total. The van der Waals surface area contributed by atoms with E-state index in [4.69, 9.17) is 27.9 Å². The van der Waals surface area contributed by atoms with Gasteiger partial charge in [0.2, 0.25) is 5.95 Å². The molecule has 4 atom stereocenters. The van der Waals surface area contributed by atoms with Gasteiger partial charge >= 0.3 is 0 Å².